The molecule has 0 aliphatic heterocycles. The van der Waals surface area contributed by atoms with Crippen molar-refractivity contribution in [1.82, 2.24) is 9.88 Å². The van der Waals surface area contributed by atoms with Gasteiger partial charge in [-0.2, -0.15) is 0 Å². The minimum absolute atomic E-state index is 0.262. The van der Waals surface area contributed by atoms with Gasteiger partial charge < -0.3 is 14.6 Å². The number of ketones is 1. The van der Waals surface area contributed by atoms with E-state index in [2.05, 4.69) is 22.0 Å². The van der Waals surface area contributed by atoms with Crippen LogP contribution in [0.25, 0.3) is 0 Å². The zero-order valence-electron chi connectivity index (χ0n) is 18.7. The summed E-state index contributed by atoms with van der Waals surface area (Å²) in [7, 11) is 0. The van der Waals surface area contributed by atoms with Gasteiger partial charge in [0.1, 0.15) is 6.54 Å². The van der Waals surface area contributed by atoms with Gasteiger partial charge in [0.25, 0.3) is 5.91 Å². The standard InChI is InChI=1S/C26H28N2O4/c1-18-8-7-11-22(14-18)26(31)27-16-25(30)32-17-24(29)23-15-19(2)28(20(23)3)13-12-21-9-5-4-6-10-21/h4-11,14-15H,12-13,16-17H2,1-3H3,(H,27,31). The van der Waals surface area contributed by atoms with Crippen LogP contribution in [0, 0.1) is 20.8 Å². The van der Waals surface area contributed by atoms with Crippen LogP contribution in [0.1, 0.15) is 43.2 Å². The van der Waals surface area contributed by atoms with Crippen LogP contribution in [0.4, 0.5) is 0 Å². The Labute approximate surface area is 188 Å². The molecule has 32 heavy (non-hydrogen) atoms. The molecule has 0 unspecified atom stereocenters. The highest BCUT2D eigenvalue weighted by Crippen LogP contribution is 2.17. The molecule has 0 spiro atoms. The first kappa shape index (κ1) is 23.0. The molecule has 166 valence electrons. The number of aromatic nitrogens is 1. The minimum atomic E-state index is -0.655. The first-order valence-corrected chi connectivity index (χ1v) is 10.6. The Bertz CT molecular complexity index is 1120. The molecule has 0 aliphatic carbocycles. The topological polar surface area (TPSA) is 77.4 Å². The number of hydrogen-bond acceptors (Lipinski definition) is 4. The maximum atomic E-state index is 12.6. The number of benzene rings is 2. The molecule has 1 aromatic heterocycles. The number of aryl methyl sites for hydroxylation is 3. The maximum absolute atomic E-state index is 12.6. The molecule has 2 aromatic carbocycles. The summed E-state index contributed by atoms with van der Waals surface area (Å²) in [6.45, 7) is 5.85. The summed E-state index contributed by atoms with van der Waals surface area (Å²) in [5.41, 5.74) is 5.04. The van der Waals surface area contributed by atoms with E-state index in [4.69, 9.17) is 4.74 Å². The molecule has 1 amide bonds. The lowest BCUT2D eigenvalue weighted by atomic mass is 10.1. The van der Waals surface area contributed by atoms with Crippen LogP contribution in [0.2, 0.25) is 0 Å². The number of amides is 1. The van der Waals surface area contributed by atoms with Gasteiger partial charge in [-0.3, -0.25) is 14.4 Å². The van der Waals surface area contributed by atoms with Crippen molar-refractivity contribution < 1.29 is 19.1 Å². The highest BCUT2D eigenvalue weighted by Gasteiger charge is 2.18. The molecule has 0 atom stereocenters. The van der Waals surface area contributed by atoms with E-state index in [9.17, 15) is 14.4 Å². The number of nitrogens with zero attached hydrogens (tertiary/aromatic N) is 1. The second-order valence-electron chi connectivity index (χ2n) is 7.81. The molecule has 3 rings (SSSR count). The zero-order chi connectivity index (χ0) is 23.1. The molecule has 3 aromatic rings. The number of ether oxygens (including phenoxy) is 1. The number of carbonyl (C=O) groups excluding carboxylic acids is 3. The summed E-state index contributed by atoms with van der Waals surface area (Å²) in [5, 5.41) is 2.52. The predicted molar refractivity (Wildman–Crippen MR) is 123 cm³/mol. The van der Waals surface area contributed by atoms with Gasteiger partial charge in [-0.05, 0) is 51.0 Å². The van der Waals surface area contributed by atoms with Gasteiger partial charge in [-0.25, -0.2) is 0 Å². The highest BCUT2D eigenvalue weighted by atomic mass is 16.5. The Morgan fingerprint density at radius 3 is 2.41 bits per heavy atom. The smallest absolute Gasteiger partial charge is 0.325 e. The van der Waals surface area contributed by atoms with E-state index in [0.29, 0.717) is 11.1 Å². The SMILES string of the molecule is Cc1cccc(C(=O)NCC(=O)OCC(=O)c2cc(C)n(CCc3ccccc3)c2C)c1. The summed E-state index contributed by atoms with van der Waals surface area (Å²) < 4.78 is 7.19. The lowest BCUT2D eigenvalue weighted by molar-refractivity contribution is -0.141. The third-order valence-corrected chi connectivity index (χ3v) is 5.38. The molecule has 6 heteroatoms. The van der Waals surface area contributed by atoms with Crippen LogP contribution in [0.15, 0.2) is 60.7 Å². The third-order valence-electron chi connectivity index (χ3n) is 5.38. The Morgan fingerprint density at radius 2 is 1.69 bits per heavy atom. The molecule has 6 nitrogen and oxygen atoms in total. The lowest BCUT2D eigenvalue weighted by Crippen LogP contribution is -2.31. The van der Waals surface area contributed by atoms with Crippen molar-refractivity contribution in [2.75, 3.05) is 13.2 Å². The first-order valence-electron chi connectivity index (χ1n) is 10.6. The highest BCUT2D eigenvalue weighted by molar-refractivity contribution is 6.00. The molecule has 0 radical (unpaired) electrons. The Morgan fingerprint density at radius 1 is 0.938 bits per heavy atom. The Balaban J connectivity index is 1.51. The quantitative estimate of drug-likeness (QED) is 0.412. The number of nitrogens with one attached hydrogen (secondary N) is 1. The van der Waals surface area contributed by atoms with Gasteiger partial charge in [0, 0.05) is 29.1 Å². The lowest BCUT2D eigenvalue weighted by Gasteiger charge is -2.10. The van der Waals surface area contributed by atoms with Crippen molar-refractivity contribution in [3.8, 4) is 0 Å². The van der Waals surface area contributed by atoms with Crippen molar-refractivity contribution in [1.29, 1.82) is 0 Å². The van der Waals surface area contributed by atoms with E-state index in [1.807, 2.05) is 51.1 Å². The van der Waals surface area contributed by atoms with Crippen molar-refractivity contribution in [3.63, 3.8) is 0 Å². The number of Topliss-reactive ketones (excluding diaryl/α,β-unsaturated/α-hetero) is 1. The van der Waals surface area contributed by atoms with Gasteiger partial charge >= 0.3 is 5.97 Å². The van der Waals surface area contributed by atoms with Crippen LogP contribution in [-0.4, -0.2) is 35.4 Å². The fourth-order valence-electron chi connectivity index (χ4n) is 3.63. The van der Waals surface area contributed by atoms with Crippen LogP contribution in [0.5, 0.6) is 0 Å². The van der Waals surface area contributed by atoms with Gasteiger partial charge in [0.15, 0.2) is 6.61 Å². The fraction of sp³-hybridized carbons (Fsp3) is 0.269. The molecule has 0 fully saturated rings. The van der Waals surface area contributed by atoms with E-state index < -0.39 is 5.97 Å². The monoisotopic (exact) mass is 432 g/mol. The van der Waals surface area contributed by atoms with Gasteiger partial charge in [-0.15, -0.1) is 0 Å². The minimum Gasteiger partial charge on any atom is -0.456 e. The van der Waals surface area contributed by atoms with Gasteiger partial charge in [-0.1, -0.05) is 48.0 Å². The van der Waals surface area contributed by atoms with E-state index in [1.54, 1.807) is 18.2 Å². The molecular formula is C26H28N2O4. The Kier molecular flexibility index (Phi) is 7.60. The number of esters is 1. The average molecular weight is 433 g/mol. The normalized spacial score (nSPS) is 10.6. The van der Waals surface area contributed by atoms with E-state index >= 15 is 0 Å². The maximum Gasteiger partial charge on any atom is 0.325 e. The molecule has 1 N–H and O–H groups in total. The molecule has 0 bridgehead atoms. The van der Waals surface area contributed by atoms with Crippen LogP contribution >= 0.6 is 0 Å². The van der Waals surface area contributed by atoms with Crippen LogP contribution in [0.3, 0.4) is 0 Å². The van der Waals surface area contributed by atoms with Crippen LogP contribution in [-0.2, 0) is 22.5 Å². The summed E-state index contributed by atoms with van der Waals surface area (Å²) in [4.78, 5) is 36.8. The molecular weight excluding hydrogens is 404 g/mol. The van der Waals surface area contributed by atoms with Crippen molar-refractivity contribution in [3.05, 3.63) is 94.3 Å². The second kappa shape index (κ2) is 10.6. The van der Waals surface area contributed by atoms with Gasteiger partial charge in [0.2, 0.25) is 5.78 Å². The third kappa shape index (κ3) is 5.94. The van der Waals surface area contributed by atoms with Crippen LogP contribution < -0.4 is 5.32 Å². The first-order chi connectivity index (χ1) is 15.3. The predicted octanol–water partition coefficient (Wildman–Crippen LogP) is 3.81. The average Bonchev–Trinajstić information content (AvgIpc) is 3.08. The second-order valence-corrected chi connectivity index (χ2v) is 7.81. The summed E-state index contributed by atoms with van der Waals surface area (Å²) in [6, 6.07) is 19.1. The molecule has 0 saturated carbocycles. The van der Waals surface area contributed by atoms with E-state index in [-0.39, 0.29) is 24.8 Å². The largest absolute Gasteiger partial charge is 0.456 e. The van der Waals surface area contributed by atoms with Gasteiger partial charge in [0.05, 0.1) is 0 Å². The summed E-state index contributed by atoms with van der Waals surface area (Å²) >= 11 is 0. The van der Waals surface area contributed by atoms with Crippen molar-refractivity contribution in [2.24, 2.45) is 0 Å². The van der Waals surface area contributed by atoms with E-state index in [0.717, 1.165) is 29.9 Å². The molecule has 0 saturated heterocycles. The summed E-state index contributed by atoms with van der Waals surface area (Å²) in [6.07, 6.45) is 0.862. The van der Waals surface area contributed by atoms with Crippen molar-refractivity contribution >= 4 is 17.7 Å². The van der Waals surface area contributed by atoms with E-state index in [1.165, 1.54) is 5.56 Å². The Hall–Kier alpha value is -3.67. The summed E-state index contributed by atoms with van der Waals surface area (Å²) in [5.74, 6) is -1.28. The number of rotatable bonds is 9. The zero-order valence-corrected chi connectivity index (χ0v) is 18.7. The molecule has 1 heterocycles. The van der Waals surface area contributed by atoms with Crippen molar-refractivity contribution in [2.45, 2.75) is 33.7 Å². The number of carbonyl (C=O) groups is 3. The molecule has 0 aliphatic rings. The number of hydrogen-bond donors (Lipinski definition) is 1. The fourth-order valence-corrected chi connectivity index (χ4v) is 3.63.